The molecule has 0 unspecified atom stereocenters. The Bertz CT molecular complexity index is 149. The lowest BCUT2D eigenvalue weighted by Crippen LogP contribution is -1.97. The molecule has 0 spiro atoms. The Kier molecular flexibility index (Phi) is 1.08. The maximum atomic E-state index is 10.3. The Hall–Kier alpha value is -1.18. The molecule has 0 aromatic heterocycles. The average Bonchev–Trinajstić information content (AvgIpc) is 1.77. The minimum Gasteiger partial charge on any atom is -0.290 e. The fourth-order valence-corrected chi connectivity index (χ4v) is 0.396. The highest BCUT2D eigenvalue weighted by atomic mass is 16.1. The minimum atomic E-state index is -0.246. The Labute approximate surface area is 46.5 Å². The second-order valence-corrected chi connectivity index (χ2v) is 1.39. The Morgan fingerprint density at radius 3 is 2.38 bits per heavy atom. The van der Waals surface area contributed by atoms with Crippen molar-refractivity contribution in [3.05, 3.63) is 24.3 Å². The number of carbonyl (C=O) groups is 2. The van der Waals surface area contributed by atoms with Crippen molar-refractivity contribution in [2.75, 3.05) is 0 Å². The third-order valence-electron chi connectivity index (χ3n) is 0.756. The molecule has 8 heavy (non-hydrogen) atoms. The van der Waals surface area contributed by atoms with E-state index in [1.54, 1.807) is 0 Å². The van der Waals surface area contributed by atoms with Crippen molar-refractivity contribution in [2.24, 2.45) is 0 Å². The lowest BCUT2D eigenvalue weighted by atomic mass is 10.2. The Morgan fingerprint density at radius 2 is 2.00 bits per heavy atom. The molecule has 0 bridgehead atoms. The van der Waals surface area contributed by atoms with E-state index in [0.29, 0.717) is 0 Å². The summed E-state index contributed by atoms with van der Waals surface area (Å²) >= 11 is 0. The molecule has 0 aromatic carbocycles. The van der Waals surface area contributed by atoms with E-state index < -0.39 is 0 Å². The van der Waals surface area contributed by atoms with Gasteiger partial charge in [0.15, 0.2) is 11.6 Å². The van der Waals surface area contributed by atoms with E-state index in [1.165, 1.54) is 12.2 Å². The third-order valence-corrected chi connectivity index (χ3v) is 0.756. The van der Waals surface area contributed by atoms with Crippen LogP contribution in [0.25, 0.3) is 0 Å². The normalized spacial score (nSPS) is 17.5. The van der Waals surface area contributed by atoms with Crippen LogP contribution in [0, 0.1) is 6.08 Å². The van der Waals surface area contributed by atoms with Gasteiger partial charge in [-0.05, 0) is 18.2 Å². The van der Waals surface area contributed by atoms with Crippen LogP contribution >= 0.6 is 0 Å². The van der Waals surface area contributed by atoms with Gasteiger partial charge in [-0.1, -0.05) is 0 Å². The van der Waals surface area contributed by atoms with Gasteiger partial charge < -0.3 is 0 Å². The quantitative estimate of drug-likeness (QED) is 0.410. The van der Waals surface area contributed by atoms with Gasteiger partial charge in [0, 0.05) is 6.08 Å². The van der Waals surface area contributed by atoms with Crippen LogP contribution in [-0.4, -0.2) is 11.6 Å². The maximum Gasteiger partial charge on any atom is 0.186 e. The predicted molar refractivity (Wildman–Crippen MR) is 27.0 cm³/mol. The molecule has 1 radical (unpaired) electrons. The third kappa shape index (κ3) is 0.904. The summed E-state index contributed by atoms with van der Waals surface area (Å²) in [6.07, 6.45) is 5.78. The van der Waals surface area contributed by atoms with Crippen LogP contribution in [0.4, 0.5) is 0 Å². The summed E-state index contributed by atoms with van der Waals surface area (Å²) in [5, 5.41) is 0. The first-order valence-electron chi connectivity index (χ1n) is 2.15. The number of ketones is 2. The van der Waals surface area contributed by atoms with Crippen LogP contribution in [0.5, 0.6) is 0 Å². The molecule has 0 amide bonds. The van der Waals surface area contributed by atoms with E-state index in [-0.39, 0.29) is 11.6 Å². The molecule has 0 aromatic rings. The second-order valence-electron chi connectivity index (χ2n) is 1.39. The number of carbonyl (C=O) groups excluding carboxylic acids is 2. The van der Waals surface area contributed by atoms with Gasteiger partial charge in [0.05, 0.1) is 0 Å². The molecule has 1 aliphatic carbocycles. The number of rotatable bonds is 0. The van der Waals surface area contributed by atoms with Gasteiger partial charge in [-0.15, -0.1) is 0 Å². The predicted octanol–water partition coefficient (Wildman–Crippen LogP) is 0.0538. The highest BCUT2D eigenvalue weighted by molar-refractivity contribution is 6.12. The van der Waals surface area contributed by atoms with Crippen molar-refractivity contribution in [3.63, 3.8) is 0 Å². The molecule has 0 saturated carbocycles. The van der Waals surface area contributed by atoms with Gasteiger partial charge >= 0.3 is 0 Å². The number of hydrogen-bond donors (Lipinski definition) is 0. The van der Waals surface area contributed by atoms with Crippen molar-refractivity contribution < 1.29 is 9.59 Å². The molecule has 0 saturated heterocycles. The van der Waals surface area contributed by atoms with Gasteiger partial charge in [-0.3, -0.25) is 9.59 Å². The smallest absolute Gasteiger partial charge is 0.186 e. The van der Waals surface area contributed by atoms with Crippen molar-refractivity contribution in [1.29, 1.82) is 0 Å². The minimum absolute atomic E-state index is 0.176. The molecule has 2 heteroatoms. The van der Waals surface area contributed by atoms with E-state index in [9.17, 15) is 9.59 Å². The lowest BCUT2D eigenvalue weighted by Gasteiger charge is -1.86. The molecule has 0 N–H and O–H groups in total. The van der Waals surface area contributed by atoms with Gasteiger partial charge in [0.25, 0.3) is 0 Å². The summed E-state index contributed by atoms with van der Waals surface area (Å²) in [5.41, 5.74) is 0. The van der Waals surface area contributed by atoms with E-state index in [2.05, 4.69) is 6.08 Å². The van der Waals surface area contributed by atoms with Gasteiger partial charge in [0.2, 0.25) is 0 Å². The highest BCUT2D eigenvalue weighted by Gasteiger charge is 1.98. The van der Waals surface area contributed by atoms with Gasteiger partial charge in [-0.2, -0.15) is 0 Å². The van der Waals surface area contributed by atoms with Crippen molar-refractivity contribution in [1.82, 2.24) is 0 Å². The van der Waals surface area contributed by atoms with Crippen LogP contribution in [0.1, 0.15) is 0 Å². The first-order valence-corrected chi connectivity index (χ1v) is 2.15. The van der Waals surface area contributed by atoms with Crippen LogP contribution < -0.4 is 0 Å². The van der Waals surface area contributed by atoms with Crippen LogP contribution in [-0.2, 0) is 9.59 Å². The monoisotopic (exact) mass is 107 g/mol. The zero-order valence-electron chi connectivity index (χ0n) is 4.05. The second kappa shape index (κ2) is 1.74. The summed E-state index contributed by atoms with van der Waals surface area (Å²) in [7, 11) is 0. The standard InChI is InChI=1S/C6H3O2/c7-5-1-2-6(8)4-3-5/h1-3H. The number of hydrogen-bond acceptors (Lipinski definition) is 2. The lowest BCUT2D eigenvalue weighted by molar-refractivity contribution is -0.114. The molecule has 1 aliphatic rings. The molecule has 1 rings (SSSR count). The summed E-state index contributed by atoms with van der Waals surface area (Å²) < 4.78 is 0. The average molecular weight is 107 g/mol. The largest absolute Gasteiger partial charge is 0.290 e. The topological polar surface area (TPSA) is 34.1 Å². The Balaban J connectivity index is 2.83. The molecular weight excluding hydrogens is 104 g/mol. The van der Waals surface area contributed by atoms with Gasteiger partial charge in [-0.25, -0.2) is 0 Å². The molecule has 0 fully saturated rings. The van der Waals surface area contributed by atoms with Gasteiger partial charge in [0.1, 0.15) is 0 Å². The molecule has 0 atom stereocenters. The van der Waals surface area contributed by atoms with E-state index in [1.807, 2.05) is 0 Å². The van der Waals surface area contributed by atoms with Crippen LogP contribution in [0.15, 0.2) is 18.2 Å². The maximum absolute atomic E-state index is 10.3. The van der Waals surface area contributed by atoms with Crippen LogP contribution in [0.2, 0.25) is 0 Å². The molecular formula is C6H3O2. The van der Waals surface area contributed by atoms with Crippen molar-refractivity contribution in [3.8, 4) is 0 Å². The summed E-state index contributed by atoms with van der Waals surface area (Å²) in [6, 6.07) is 0. The zero-order chi connectivity index (χ0) is 5.98. The first kappa shape index (κ1) is 4.97. The van der Waals surface area contributed by atoms with E-state index in [4.69, 9.17) is 0 Å². The SMILES string of the molecule is O=C1[C]=CC(=O)C=C1. The zero-order valence-corrected chi connectivity index (χ0v) is 4.05. The molecule has 39 valence electrons. The van der Waals surface area contributed by atoms with E-state index in [0.717, 1.165) is 6.08 Å². The number of allylic oxidation sites excluding steroid dienone is 4. The summed E-state index contributed by atoms with van der Waals surface area (Å²) in [4.78, 5) is 20.5. The first-order chi connectivity index (χ1) is 3.79. The van der Waals surface area contributed by atoms with Crippen LogP contribution in [0.3, 0.4) is 0 Å². The van der Waals surface area contributed by atoms with Crippen molar-refractivity contribution in [2.45, 2.75) is 0 Å². The molecule has 0 heterocycles. The summed E-state index contributed by atoms with van der Waals surface area (Å²) in [5.74, 6) is -0.422. The molecule has 0 aliphatic heterocycles. The van der Waals surface area contributed by atoms with E-state index >= 15 is 0 Å². The summed E-state index contributed by atoms with van der Waals surface area (Å²) in [6.45, 7) is 0. The Morgan fingerprint density at radius 1 is 1.25 bits per heavy atom. The highest BCUT2D eigenvalue weighted by Crippen LogP contribution is 1.89. The molecule has 2 nitrogen and oxygen atoms in total. The fourth-order valence-electron chi connectivity index (χ4n) is 0.396. The fraction of sp³-hybridized carbons (Fsp3) is 0. The van der Waals surface area contributed by atoms with Crippen molar-refractivity contribution >= 4 is 11.6 Å².